The number of aliphatic hydroxyl groups is 2. The molecule has 25 heavy (non-hydrogen) atoms. The Morgan fingerprint density at radius 2 is 1.96 bits per heavy atom. The van der Waals surface area contributed by atoms with Gasteiger partial charge in [0.05, 0.1) is 6.10 Å². The number of carboxylic acids is 1. The molecular weight excluding hydrogens is 320 g/mol. The van der Waals surface area contributed by atoms with Gasteiger partial charge in [0.1, 0.15) is 5.78 Å². The predicted octanol–water partition coefficient (Wildman–Crippen LogP) is 3.25. The number of aliphatic hydroxyl groups excluding tert-OH is 2. The zero-order valence-electron chi connectivity index (χ0n) is 15.1. The van der Waals surface area contributed by atoms with Crippen molar-refractivity contribution >= 4 is 11.8 Å². The number of allylic oxidation sites excluding steroid dienone is 3. The predicted molar refractivity (Wildman–Crippen MR) is 97.1 cm³/mol. The summed E-state index contributed by atoms with van der Waals surface area (Å²) in [5.41, 5.74) is 0. The second-order valence-corrected chi connectivity index (χ2v) is 6.84. The van der Waals surface area contributed by atoms with Crippen LogP contribution >= 0.6 is 0 Å². The summed E-state index contributed by atoms with van der Waals surface area (Å²) in [6, 6.07) is 0. The van der Waals surface area contributed by atoms with Crippen LogP contribution in [0.15, 0.2) is 24.3 Å². The molecular formula is C20H32O5. The molecule has 1 fully saturated rings. The van der Waals surface area contributed by atoms with Crippen LogP contribution in [0.3, 0.4) is 0 Å². The molecule has 1 aliphatic rings. The number of carbonyl (C=O) groups is 2. The summed E-state index contributed by atoms with van der Waals surface area (Å²) in [6.07, 6.45) is 12.9. The minimum absolute atomic E-state index is 0.0864. The summed E-state index contributed by atoms with van der Waals surface area (Å²) in [7, 11) is 0. The second kappa shape index (κ2) is 12.0. The summed E-state index contributed by atoms with van der Waals surface area (Å²) in [4.78, 5) is 22.6. The van der Waals surface area contributed by atoms with Gasteiger partial charge >= 0.3 is 5.97 Å². The van der Waals surface area contributed by atoms with Gasteiger partial charge in [0.2, 0.25) is 0 Å². The molecule has 0 aromatic rings. The SMILES string of the molecule is CCCCCC/C=C/[C@H]1[C@H](O)CC(=O)[C@@H]1C/C=C\CCC(O)C(=O)O. The van der Waals surface area contributed by atoms with Gasteiger partial charge in [0.15, 0.2) is 6.10 Å². The third-order valence-corrected chi connectivity index (χ3v) is 4.76. The maximum absolute atomic E-state index is 12.1. The zero-order chi connectivity index (χ0) is 18.7. The van der Waals surface area contributed by atoms with E-state index in [1.54, 1.807) is 6.08 Å². The largest absolute Gasteiger partial charge is 0.479 e. The number of carbonyl (C=O) groups excluding carboxylic acids is 1. The first-order chi connectivity index (χ1) is 12.0. The van der Waals surface area contributed by atoms with E-state index in [0.717, 1.165) is 12.8 Å². The number of rotatable bonds is 12. The van der Waals surface area contributed by atoms with Crippen LogP contribution in [0.25, 0.3) is 0 Å². The first-order valence-corrected chi connectivity index (χ1v) is 9.40. The number of ketones is 1. The molecule has 0 saturated heterocycles. The van der Waals surface area contributed by atoms with Crippen LogP contribution in [-0.2, 0) is 9.59 Å². The van der Waals surface area contributed by atoms with Crippen LogP contribution in [0.2, 0.25) is 0 Å². The molecule has 5 nitrogen and oxygen atoms in total. The van der Waals surface area contributed by atoms with Gasteiger partial charge in [-0.15, -0.1) is 0 Å². The molecule has 1 rings (SSSR count). The van der Waals surface area contributed by atoms with E-state index >= 15 is 0 Å². The first kappa shape index (κ1) is 21.6. The van der Waals surface area contributed by atoms with Crippen molar-refractivity contribution in [3.8, 4) is 0 Å². The maximum Gasteiger partial charge on any atom is 0.332 e. The van der Waals surface area contributed by atoms with E-state index in [1.165, 1.54) is 19.3 Å². The summed E-state index contributed by atoms with van der Waals surface area (Å²) >= 11 is 0. The Morgan fingerprint density at radius 1 is 1.20 bits per heavy atom. The Labute approximate surface area is 150 Å². The number of aliphatic carboxylic acids is 1. The molecule has 4 atom stereocenters. The van der Waals surface area contributed by atoms with Crippen LogP contribution in [0.5, 0.6) is 0 Å². The summed E-state index contributed by atoms with van der Waals surface area (Å²) in [5, 5.41) is 27.9. The van der Waals surface area contributed by atoms with Gasteiger partial charge in [0.25, 0.3) is 0 Å². The van der Waals surface area contributed by atoms with Crippen LogP contribution < -0.4 is 0 Å². The molecule has 0 spiro atoms. The van der Waals surface area contributed by atoms with Crippen molar-refractivity contribution in [3.63, 3.8) is 0 Å². The van der Waals surface area contributed by atoms with Gasteiger partial charge in [0, 0.05) is 18.3 Å². The Balaban J connectivity index is 2.42. The quantitative estimate of drug-likeness (QED) is 0.370. The van der Waals surface area contributed by atoms with Crippen molar-refractivity contribution in [1.29, 1.82) is 0 Å². The first-order valence-electron chi connectivity index (χ1n) is 9.40. The molecule has 1 aliphatic carbocycles. The molecule has 0 aromatic heterocycles. The van der Waals surface area contributed by atoms with Crippen molar-refractivity contribution in [1.82, 2.24) is 0 Å². The zero-order valence-corrected chi connectivity index (χ0v) is 15.1. The Bertz CT molecular complexity index is 469. The monoisotopic (exact) mass is 352 g/mol. The van der Waals surface area contributed by atoms with Crippen molar-refractivity contribution in [2.75, 3.05) is 0 Å². The third kappa shape index (κ3) is 7.97. The number of carboxylic acid groups (broad SMARTS) is 1. The smallest absolute Gasteiger partial charge is 0.332 e. The molecule has 0 amide bonds. The average Bonchev–Trinajstić information content (AvgIpc) is 2.83. The molecule has 0 heterocycles. The molecule has 1 unspecified atom stereocenters. The van der Waals surface area contributed by atoms with Crippen LogP contribution in [0, 0.1) is 11.8 Å². The number of Topliss-reactive ketones (excluding diaryl/α,β-unsaturated/α-hetero) is 1. The lowest BCUT2D eigenvalue weighted by atomic mass is 9.90. The van der Waals surface area contributed by atoms with Crippen molar-refractivity contribution in [2.45, 2.75) is 76.9 Å². The van der Waals surface area contributed by atoms with Gasteiger partial charge in [-0.2, -0.15) is 0 Å². The topological polar surface area (TPSA) is 94.8 Å². The Morgan fingerprint density at radius 3 is 2.64 bits per heavy atom. The lowest BCUT2D eigenvalue weighted by Crippen LogP contribution is -2.18. The second-order valence-electron chi connectivity index (χ2n) is 6.84. The van der Waals surface area contributed by atoms with E-state index in [9.17, 15) is 19.8 Å². The van der Waals surface area contributed by atoms with Crippen molar-refractivity contribution < 1.29 is 24.9 Å². The van der Waals surface area contributed by atoms with E-state index in [-0.39, 0.29) is 30.5 Å². The van der Waals surface area contributed by atoms with Crippen molar-refractivity contribution in [3.05, 3.63) is 24.3 Å². The van der Waals surface area contributed by atoms with Gasteiger partial charge in [-0.1, -0.05) is 50.5 Å². The lowest BCUT2D eigenvalue weighted by molar-refractivity contribution is -0.146. The molecule has 3 N–H and O–H groups in total. The van der Waals surface area contributed by atoms with E-state index in [0.29, 0.717) is 12.8 Å². The molecule has 5 heteroatoms. The number of hydrogen-bond acceptors (Lipinski definition) is 4. The minimum Gasteiger partial charge on any atom is -0.479 e. The van der Waals surface area contributed by atoms with E-state index in [1.807, 2.05) is 12.2 Å². The van der Waals surface area contributed by atoms with Crippen LogP contribution in [-0.4, -0.2) is 39.3 Å². The van der Waals surface area contributed by atoms with Gasteiger partial charge in [-0.25, -0.2) is 4.79 Å². The highest BCUT2D eigenvalue weighted by molar-refractivity contribution is 5.84. The van der Waals surface area contributed by atoms with E-state index in [4.69, 9.17) is 5.11 Å². The molecule has 0 radical (unpaired) electrons. The van der Waals surface area contributed by atoms with Gasteiger partial charge in [-0.3, -0.25) is 4.79 Å². The van der Waals surface area contributed by atoms with Gasteiger partial charge in [-0.05, 0) is 32.1 Å². The molecule has 0 aliphatic heterocycles. The normalized spacial score (nSPS) is 25.2. The molecule has 1 saturated carbocycles. The fourth-order valence-corrected chi connectivity index (χ4v) is 3.21. The Hall–Kier alpha value is -1.46. The fraction of sp³-hybridized carbons (Fsp3) is 0.700. The van der Waals surface area contributed by atoms with Crippen LogP contribution in [0.4, 0.5) is 0 Å². The highest BCUT2D eigenvalue weighted by Crippen LogP contribution is 2.33. The van der Waals surface area contributed by atoms with Crippen LogP contribution in [0.1, 0.15) is 64.7 Å². The standard InChI is InChI=1S/C20H32O5/c1-2-3-4-5-6-8-11-15-16(19(23)14-18(15)22)12-9-7-10-13-17(21)20(24)25/h7-9,11,15-18,21-22H,2-6,10,12-14H2,1H3,(H,24,25)/b9-7-,11-8+/t15-,16-,17?,18-/m1/s1. The summed E-state index contributed by atoms with van der Waals surface area (Å²) in [6.45, 7) is 2.18. The van der Waals surface area contributed by atoms with Crippen molar-refractivity contribution in [2.24, 2.45) is 11.8 Å². The maximum atomic E-state index is 12.1. The lowest BCUT2D eigenvalue weighted by Gasteiger charge is -2.15. The summed E-state index contributed by atoms with van der Waals surface area (Å²) < 4.78 is 0. The highest BCUT2D eigenvalue weighted by Gasteiger charge is 2.38. The third-order valence-electron chi connectivity index (χ3n) is 4.76. The fourth-order valence-electron chi connectivity index (χ4n) is 3.21. The van der Waals surface area contributed by atoms with Gasteiger partial charge < -0.3 is 15.3 Å². The number of hydrogen-bond donors (Lipinski definition) is 3. The molecule has 142 valence electrons. The summed E-state index contributed by atoms with van der Waals surface area (Å²) in [5.74, 6) is -1.47. The molecule has 0 bridgehead atoms. The highest BCUT2D eigenvalue weighted by atomic mass is 16.4. The Kier molecular flexibility index (Phi) is 10.3. The average molecular weight is 352 g/mol. The molecule has 0 aromatic carbocycles. The number of unbranched alkanes of at least 4 members (excludes halogenated alkanes) is 4. The minimum atomic E-state index is -1.34. The van der Waals surface area contributed by atoms with E-state index < -0.39 is 18.2 Å². The van der Waals surface area contributed by atoms with E-state index in [2.05, 4.69) is 13.0 Å².